The van der Waals surface area contributed by atoms with Crippen LogP contribution in [-0.2, 0) is 0 Å². The molecule has 0 fully saturated rings. The number of anilines is 1. The summed E-state index contributed by atoms with van der Waals surface area (Å²) >= 11 is 7.81. The molecular formula is C27H27ClN2O5S. The van der Waals surface area contributed by atoms with Crippen LogP contribution in [0.3, 0.4) is 0 Å². The van der Waals surface area contributed by atoms with Gasteiger partial charge in [-0.3, -0.25) is 4.79 Å². The minimum atomic E-state index is -0.820. The lowest BCUT2D eigenvalue weighted by Gasteiger charge is -2.23. The fourth-order valence-electron chi connectivity index (χ4n) is 3.96. The largest absolute Gasteiger partial charge is 0.497 e. The third-order valence-electron chi connectivity index (χ3n) is 5.71. The molecule has 0 bridgehead atoms. The summed E-state index contributed by atoms with van der Waals surface area (Å²) in [4.78, 5) is 18.3. The highest BCUT2D eigenvalue weighted by molar-refractivity contribution is 7.98. The normalized spacial score (nSPS) is 11.8. The summed E-state index contributed by atoms with van der Waals surface area (Å²) in [6, 6.07) is 15.5. The minimum Gasteiger partial charge on any atom is -0.497 e. The molecule has 1 unspecified atom stereocenters. The molecule has 0 aliphatic heterocycles. The van der Waals surface area contributed by atoms with Crippen molar-refractivity contribution in [2.45, 2.75) is 10.9 Å². The first-order chi connectivity index (χ1) is 17.5. The molecule has 4 aromatic rings. The number of methoxy groups -OCH3 is 2. The molecule has 188 valence electrons. The summed E-state index contributed by atoms with van der Waals surface area (Å²) in [5.41, 5.74) is 2.60. The summed E-state index contributed by atoms with van der Waals surface area (Å²) in [6.07, 6.45) is 3.67. The number of ether oxygens (including phenoxy) is 3. The van der Waals surface area contributed by atoms with E-state index in [1.807, 2.05) is 42.7 Å². The van der Waals surface area contributed by atoms with Crippen LogP contribution >= 0.6 is 23.4 Å². The van der Waals surface area contributed by atoms with Crippen molar-refractivity contribution in [3.8, 4) is 17.2 Å². The van der Waals surface area contributed by atoms with Crippen LogP contribution < -0.4 is 19.5 Å². The third-order valence-corrected chi connectivity index (χ3v) is 6.66. The minimum absolute atomic E-state index is 0.0664. The number of aliphatic hydroxyl groups is 1. The SMILES string of the molecule is COc1cc(NC(C(=O)c2c[nH]c3cc(OC)ccc23)c2ccc(Cl)cc2OCCO)cc(SC)c1. The molecule has 1 heterocycles. The van der Waals surface area contributed by atoms with Gasteiger partial charge in [0.2, 0.25) is 0 Å². The van der Waals surface area contributed by atoms with Gasteiger partial charge in [-0.15, -0.1) is 11.8 Å². The number of fused-ring (bicyclic) bond motifs is 1. The van der Waals surface area contributed by atoms with Gasteiger partial charge in [-0.2, -0.15) is 0 Å². The number of benzene rings is 3. The summed E-state index contributed by atoms with van der Waals surface area (Å²) < 4.78 is 16.6. The van der Waals surface area contributed by atoms with E-state index in [4.69, 9.17) is 25.8 Å². The molecule has 0 aliphatic rings. The Bertz CT molecular complexity index is 1350. The van der Waals surface area contributed by atoms with Crippen molar-refractivity contribution in [2.24, 2.45) is 0 Å². The predicted octanol–water partition coefficient (Wildman–Crippen LogP) is 5.97. The van der Waals surface area contributed by atoms with Gasteiger partial charge in [0.1, 0.15) is 29.9 Å². The highest BCUT2D eigenvalue weighted by Crippen LogP contribution is 2.36. The highest BCUT2D eigenvalue weighted by Gasteiger charge is 2.28. The zero-order valence-corrected chi connectivity index (χ0v) is 21.7. The molecule has 1 atom stereocenters. The number of carbonyl (C=O) groups is 1. The number of aromatic nitrogens is 1. The second-order valence-electron chi connectivity index (χ2n) is 7.91. The lowest BCUT2D eigenvalue weighted by atomic mass is 9.95. The Morgan fingerprint density at radius 1 is 1.08 bits per heavy atom. The first-order valence-electron chi connectivity index (χ1n) is 11.2. The number of carbonyl (C=O) groups excluding carboxylic acids is 1. The summed E-state index contributed by atoms with van der Waals surface area (Å²) in [5.74, 6) is 1.60. The van der Waals surface area contributed by atoms with E-state index in [0.717, 1.165) is 15.8 Å². The molecule has 36 heavy (non-hydrogen) atoms. The number of thioether (sulfide) groups is 1. The maximum absolute atomic E-state index is 14.1. The summed E-state index contributed by atoms with van der Waals surface area (Å²) in [7, 11) is 3.20. The lowest BCUT2D eigenvalue weighted by molar-refractivity contribution is 0.0969. The number of Topliss-reactive ketones (excluding diaryl/α,β-unsaturated/α-hetero) is 1. The number of ketones is 1. The van der Waals surface area contributed by atoms with E-state index in [1.165, 1.54) is 0 Å². The average Bonchev–Trinajstić information content (AvgIpc) is 3.33. The first-order valence-corrected chi connectivity index (χ1v) is 12.8. The topological polar surface area (TPSA) is 92.8 Å². The van der Waals surface area contributed by atoms with Crippen LogP contribution in [0.4, 0.5) is 5.69 Å². The maximum Gasteiger partial charge on any atom is 0.191 e. The Labute approximate surface area is 218 Å². The van der Waals surface area contributed by atoms with Gasteiger partial charge >= 0.3 is 0 Å². The predicted molar refractivity (Wildman–Crippen MR) is 144 cm³/mol. The number of aromatic amines is 1. The number of halogens is 1. The lowest BCUT2D eigenvalue weighted by Crippen LogP contribution is -2.22. The van der Waals surface area contributed by atoms with Gasteiger partial charge in [0.15, 0.2) is 5.78 Å². The molecule has 0 saturated heterocycles. The fourth-order valence-corrected chi connectivity index (χ4v) is 4.60. The number of H-pyrrole nitrogens is 1. The van der Waals surface area contributed by atoms with Gasteiger partial charge in [-0.05, 0) is 42.7 Å². The molecule has 3 N–H and O–H groups in total. The second-order valence-corrected chi connectivity index (χ2v) is 9.23. The van der Waals surface area contributed by atoms with Crippen molar-refractivity contribution in [2.75, 3.05) is 39.0 Å². The van der Waals surface area contributed by atoms with E-state index < -0.39 is 6.04 Å². The molecule has 4 rings (SSSR count). The molecule has 0 aliphatic carbocycles. The number of rotatable bonds is 11. The Balaban J connectivity index is 1.83. The van der Waals surface area contributed by atoms with Crippen molar-refractivity contribution in [3.05, 3.63) is 76.9 Å². The Morgan fingerprint density at radius 2 is 1.89 bits per heavy atom. The maximum atomic E-state index is 14.1. The van der Waals surface area contributed by atoms with Crippen LogP contribution in [0.1, 0.15) is 22.0 Å². The number of hydrogen-bond donors (Lipinski definition) is 3. The number of hydrogen-bond acceptors (Lipinski definition) is 7. The van der Waals surface area contributed by atoms with Crippen molar-refractivity contribution in [3.63, 3.8) is 0 Å². The molecule has 1 aromatic heterocycles. The van der Waals surface area contributed by atoms with Crippen molar-refractivity contribution >= 4 is 45.7 Å². The molecule has 9 heteroatoms. The van der Waals surface area contributed by atoms with Gasteiger partial charge in [-0.1, -0.05) is 17.7 Å². The quantitative estimate of drug-likeness (QED) is 0.164. The summed E-state index contributed by atoms with van der Waals surface area (Å²) in [6.45, 7) is -0.105. The van der Waals surface area contributed by atoms with Crippen LogP contribution in [0, 0.1) is 0 Å². The van der Waals surface area contributed by atoms with E-state index in [-0.39, 0.29) is 19.0 Å². The zero-order valence-electron chi connectivity index (χ0n) is 20.1. The van der Waals surface area contributed by atoms with Crippen LogP contribution in [0.5, 0.6) is 17.2 Å². The fraction of sp³-hybridized carbons (Fsp3) is 0.222. The van der Waals surface area contributed by atoms with E-state index in [1.54, 1.807) is 50.4 Å². The van der Waals surface area contributed by atoms with E-state index in [9.17, 15) is 9.90 Å². The van der Waals surface area contributed by atoms with E-state index >= 15 is 0 Å². The van der Waals surface area contributed by atoms with Crippen molar-refractivity contribution < 1.29 is 24.1 Å². The molecular weight excluding hydrogens is 500 g/mol. The Morgan fingerprint density at radius 3 is 2.61 bits per heavy atom. The van der Waals surface area contributed by atoms with Crippen LogP contribution in [-0.4, -0.2) is 49.6 Å². The monoisotopic (exact) mass is 526 g/mol. The molecule has 0 spiro atoms. The van der Waals surface area contributed by atoms with Crippen molar-refractivity contribution in [1.29, 1.82) is 0 Å². The van der Waals surface area contributed by atoms with Crippen LogP contribution in [0.25, 0.3) is 10.9 Å². The van der Waals surface area contributed by atoms with Gasteiger partial charge in [0, 0.05) is 56.0 Å². The molecule has 0 amide bonds. The van der Waals surface area contributed by atoms with E-state index in [2.05, 4.69) is 10.3 Å². The smallest absolute Gasteiger partial charge is 0.191 e. The Kier molecular flexibility index (Phi) is 8.30. The van der Waals surface area contributed by atoms with Gasteiger partial charge in [0.25, 0.3) is 0 Å². The molecule has 3 aromatic carbocycles. The van der Waals surface area contributed by atoms with Crippen LogP contribution in [0.15, 0.2) is 65.7 Å². The Hall–Kier alpha value is -3.33. The van der Waals surface area contributed by atoms with Gasteiger partial charge in [-0.25, -0.2) is 0 Å². The van der Waals surface area contributed by atoms with Gasteiger partial charge < -0.3 is 29.6 Å². The third kappa shape index (κ3) is 5.56. The molecule has 0 saturated carbocycles. The van der Waals surface area contributed by atoms with E-state index in [0.29, 0.717) is 39.1 Å². The van der Waals surface area contributed by atoms with Crippen molar-refractivity contribution in [1.82, 2.24) is 4.98 Å². The first kappa shape index (κ1) is 25.8. The van der Waals surface area contributed by atoms with Gasteiger partial charge in [0.05, 0.1) is 20.8 Å². The number of nitrogens with one attached hydrogen (secondary N) is 2. The summed E-state index contributed by atoms with van der Waals surface area (Å²) in [5, 5.41) is 13.9. The average molecular weight is 527 g/mol. The molecule has 7 nitrogen and oxygen atoms in total. The standard InChI is InChI=1S/C27H27ClN2O5S/c1-33-18-5-7-21-23(15-29-24(21)14-18)27(32)26(22-6-4-16(28)10-25(22)35-9-8-31)30-17-11-19(34-2)13-20(12-17)36-3/h4-7,10-15,26,29-31H,8-9H2,1-3H3. The van der Waals surface area contributed by atoms with Crippen LogP contribution in [0.2, 0.25) is 5.02 Å². The number of aliphatic hydroxyl groups excluding tert-OH is 1. The molecule has 0 radical (unpaired) electrons. The highest BCUT2D eigenvalue weighted by atomic mass is 35.5. The second kappa shape index (κ2) is 11.6. The zero-order chi connectivity index (χ0) is 25.7.